The van der Waals surface area contributed by atoms with Crippen molar-refractivity contribution in [1.82, 2.24) is 4.98 Å². The SMILES string of the molecule is O=C([O-])Cc1c(C(=O)c2ccc(O)cc2)[nH]c2cc(Cl)ccc12. The Labute approximate surface area is 136 Å². The summed E-state index contributed by atoms with van der Waals surface area (Å²) in [5.41, 5.74) is 1.45. The number of nitrogens with one attached hydrogen (secondary N) is 1. The first-order chi connectivity index (χ1) is 11.0. The fourth-order valence-electron chi connectivity index (χ4n) is 2.51. The monoisotopic (exact) mass is 328 g/mol. The highest BCUT2D eigenvalue weighted by Gasteiger charge is 2.19. The van der Waals surface area contributed by atoms with Crippen molar-refractivity contribution in [2.75, 3.05) is 0 Å². The first-order valence-electron chi connectivity index (χ1n) is 6.79. The van der Waals surface area contributed by atoms with Crippen LogP contribution in [0.1, 0.15) is 21.6 Å². The van der Waals surface area contributed by atoms with E-state index in [1.54, 1.807) is 18.2 Å². The quantitative estimate of drug-likeness (QED) is 0.717. The van der Waals surface area contributed by atoms with Crippen molar-refractivity contribution in [2.24, 2.45) is 0 Å². The van der Waals surface area contributed by atoms with Crippen molar-refractivity contribution in [1.29, 1.82) is 0 Å². The number of aliphatic carboxylic acids is 1. The zero-order chi connectivity index (χ0) is 16.6. The van der Waals surface area contributed by atoms with E-state index in [-0.39, 0.29) is 23.6 Å². The van der Waals surface area contributed by atoms with Gasteiger partial charge in [-0.05, 0) is 42.0 Å². The van der Waals surface area contributed by atoms with Gasteiger partial charge in [0.1, 0.15) is 5.75 Å². The van der Waals surface area contributed by atoms with Gasteiger partial charge in [0, 0.05) is 33.9 Å². The van der Waals surface area contributed by atoms with Crippen molar-refractivity contribution in [3.8, 4) is 5.75 Å². The number of aromatic nitrogens is 1. The second kappa shape index (κ2) is 5.78. The zero-order valence-corrected chi connectivity index (χ0v) is 12.6. The number of H-pyrrole nitrogens is 1. The van der Waals surface area contributed by atoms with Crippen LogP contribution in [0.4, 0.5) is 0 Å². The van der Waals surface area contributed by atoms with E-state index in [4.69, 9.17) is 11.6 Å². The molecule has 0 amide bonds. The van der Waals surface area contributed by atoms with E-state index in [0.717, 1.165) is 0 Å². The van der Waals surface area contributed by atoms with Crippen LogP contribution in [-0.2, 0) is 11.2 Å². The number of carbonyl (C=O) groups is 2. The lowest BCUT2D eigenvalue weighted by Gasteiger charge is -2.05. The predicted octanol–water partition coefficient (Wildman–Crippen LogP) is 2.05. The first-order valence-corrected chi connectivity index (χ1v) is 7.17. The van der Waals surface area contributed by atoms with Gasteiger partial charge in [0.15, 0.2) is 0 Å². The van der Waals surface area contributed by atoms with Crippen LogP contribution in [0.3, 0.4) is 0 Å². The maximum Gasteiger partial charge on any atom is 0.209 e. The van der Waals surface area contributed by atoms with Gasteiger partial charge in [0.2, 0.25) is 5.78 Å². The summed E-state index contributed by atoms with van der Waals surface area (Å²) in [6.45, 7) is 0. The number of hydrogen-bond acceptors (Lipinski definition) is 4. The lowest BCUT2D eigenvalue weighted by atomic mass is 10.0. The number of fused-ring (bicyclic) bond motifs is 1. The molecule has 116 valence electrons. The summed E-state index contributed by atoms with van der Waals surface area (Å²) < 4.78 is 0. The van der Waals surface area contributed by atoms with Gasteiger partial charge in [-0.25, -0.2) is 0 Å². The maximum absolute atomic E-state index is 12.7. The molecule has 0 spiro atoms. The average Bonchev–Trinajstić information content (AvgIpc) is 2.84. The van der Waals surface area contributed by atoms with Gasteiger partial charge in [-0.15, -0.1) is 0 Å². The maximum atomic E-state index is 12.7. The molecule has 5 nitrogen and oxygen atoms in total. The summed E-state index contributed by atoms with van der Waals surface area (Å²) in [5, 5.41) is 21.4. The number of benzene rings is 2. The summed E-state index contributed by atoms with van der Waals surface area (Å²) in [6, 6.07) is 10.7. The molecule has 0 aliphatic carbocycles. The Morgan fingerprint density at radius 2 is 1.83 bits per heavy atom. The van der Waals surface area contributed by atoms with Crippen molar-refractivity contribution in [3.63, 3.8) is 0 Å². The third-order valence-electron chi connectivity index (χ3n) is 3.55. The van der Waals surface area contributed by atoms with E-state index in [1.165, 1.54) is 24.3 Å². The fraction of sp³-hybridized carbons (Fsp3) is 0.0588. The molecule has 0 saturated carbocycles. The number of carboxylic acids is 1. The Hall–Kier alpha value is -2.79. The van der Waals surface area contributed by atoms with Crippen molar-refractivity contribution in [3.05, 3.63) is 64.3 Å². The molecule has 0 fully saturated rings. The third kappa shape index (κ3) is 2.91. The molecule has 1 aromatic heterocycles. The number of halogens is 1. The molecule has 3 aromatic rings. The Balaban J connectivity index is 2.16. The largest absolute Gasteiger partial charge is 0.550 e. The van der Waals surface area contributed by atoms with E-state index in [0.29, 0.717) is 27.1 Å². The highest BCUT2D eigenvalue weighted by molar-refractivity contribution is 6.31. The summed E-state index contributed by atoms with van der Waals surface area (Å²) in [7, 11) is 0. The fourth-order valence-corrected chi connectivity index (χ4v) is 2.68. The summed E-state index contributed by atoms with van der Waals surface area (Å²) in [6.07, 6.45) is -0.388. The van der Waals surface area contributed by atoms with Crippen LogP contribution in [0.5, 0.6) is 5.75 Å². The van der Waals surface area contributed by atoms with Gasteiger partial charge >= 0.3 is 0 Å². The number of rotatable bonds is 4. The molecule has 0 saturated heterocycles. The summed E-state index contributed by atoms with van der Waals surface area (Å²) in [5.74, 6) is -1.60. The molecular weight excluding hydrogens is 318 g/mol. The average molecular weight is 329 g/mol. The number of carboxylic acid groups (broad SMARTS) is 1. The van der Waals surface area contributed by atoms with Crippen molar-refractivity contribution >= 4 is 34.3 Å². The zero-order valence-electron chi connectivity index (χ0n) is 11.8. The third-order valence-corrected chi connectivity index (χ3v) is 3.78. The Morgan fingerprint density at radius 3 is 2.48 bits per heavy atom. The minimum absolute atomic E-state index is 0.0416. The first kappa shape index (κ1) is 15.1. The number of aromatic hydroxyl groups is 1. The van der Waals surface area contributed by atoms with E-state index in [1.807, 2.05) is 0 Å². The molecule has 3 rings (SSSR count). The molecule has 2 N–H and O–H groups in total. The van der Waals surface area contributed by atoms with Gasteiger partial charge in [0.25, 0.3) is 0 Å². The highest BCUT2D eigenvalue weighted by Crippen LogP contribution is 2.27. The standard InChI is InChI=1S/C17H12ClNO4/c18-10-3-6-12-13(8-15(21)22)16(19-14(12)7-10)17(23)9-1-4-11(20)5-2-9/h1-7,19-20H,8H2,(H,21,22)/p-1. The molecule has 2 aromatic carbocycles. The van der Waals surface area contributed by atoms with Gasteiger partial charge in [-0.3, -0.25) is 4.79 Å². The molecule has 0 bridgehead atoms. The second-order valence-electron chi connectivity index (χ2n) is 5.09. The number of hydrogen-bond donors (Lipinski definition) is 2. The molecule has 0 radical (unpaired) electrons. The summed E-state index contributed by atoms with van der Waals surface area (Å²) in [4.78, 5) is 26.6. The van der Waals surface area contributed by atoms with Gasteiger partial charge in [-0.1, -0.05) is 17.7 Å². The number of phenolic OH excluding ortho intramolecular Hbond substituents is 1. The van der Waals surface area contributed by atoms with Crippen molar-refractivity contribution < 1.29 is 19.8 Å². The minimum atomic E-state index is -1.28. The van der Waals surface area contributed by atoms with Gasteiger partial charge in [0.05, 0.1) is 5.69 Å². The molecule has 0 atom stereocenters. The van der Waals surface area contributed by atoms with Crippen LogP contribution in [-0.4, -0.2) is 21.8 Å². The molecule has 6 heteroatoms. The van der Waals surface area contributed by atoms with Gasteiger partial charge in [-0.2, -0.15) is 0 Å². The second-order valence-corrected chi connectivity index (χ2v) is 5.53. The van der Waals surface area contributed by atoms with Crippen molar-refractivity contribution in [2.45, 2.75) is 6.42 Å². The number of carbonyl (C=O) groups excluding carboxylic acids is 2. The molecule has 0 aliphatic rings. The topological polar surface area (TPSA) is 93.2 Å². The van der Waals surface area contributed by atoms with E-state index in [9.17, 15) is 19.8 Å². The number of phenols is 1. The molecule has 0 unspecified atom stereocenters. The molecule has 23 heavy (non-hydrogen) atoms. The Bertz CT molecular complexity index is 912. The van der Waals surface area contributed by atoms with Crippen LogP contribution in [0.2, 0.25) is 5.02 Å². The Kier molecular flexibility index (Phi) is 3.80. The van der Waals surface area contributed by atoms with Crippen LogP contribution < -0.4 is 5.11 Å². The lowest BCUT2D eigenvalue weighted by molar-refractivity contribution is -0.304. The van der Waals surface area contributed by atoms with Crippen LogP contribution >= 0.6 is 11.6 Å². The molecule has 0 aliphatic heterocycles. The lowest BCUT2D eigenvalue weighted by Crippen LogP contribution is -2.25. The van der Waals surface area contributed by atoms with E-state index in [2.05, 4.69) is 4.98 Å². The normalized spacial score (nSPS) is 10.8. The number of aromatic amines is 1. The molecule has 1 heterocycles. The van der Waals surface area contributed by atoms with Gasteiger partial charge < -0.3 is 20.0 Å². The highest BCUT2D eigenvalue weighted by atomic mass is 35.5. The van der Waals surface area contributed by atoms with Crippen LogP contribution in [0.25, 0.3) is 10.9 Å². The van der Waals surface area contributed by atoms with E-state index >= 15 is 0 Å². The van der Waals surface area contributed by atoms with E-state index < -0.39 is 5.97 Å². The minimum Gasteiger partial charge on any atom is -0.550 e. The van der Waals surface area contributed by atoms with Crippen LogP contribution in [0, 0.1) is 0 Å². The summed E-state index contributed by atoms with van der Waals surface area (Å²) >= 11 is 5.94. The Morgan fingerprint density at radius 1 is 1.13 bits per heavy atom. The smallest absolute Gasteiger partial charge is 0.209 e. The molecular formula is C17H11ClNO4-. The van der Waals surface area contributed by atoms with Crippen LogP contribution in [0.15, 0.2) is 42.5 Å². The number of ketones is 1. The predicted molar refractivity (Wildman–Crippen MR) is 83.6 cm³/mol.